The van der Waals surface area contributed by atoms with E-state index in [-0.39, 0.29) is 88.6 Å². The number of esters is 2. The topological polar surface area (TPSA) is 247 Å². The van der Waals surface area contributed by atoms with Gasteiger partial charge >= 0.3 is 24.1 Å². The number of unbranched alkanes of at least 4 members (excludes halogenated alkanes) is 2. The Kier molecular flexibility index (Phi) is 25.2. The molecular weight excluding hydrogens is 1000 g/mol. The number of carbonyl (C=O) groups excluding carboxylic acids is 8. The van der Waals surface area contributed by atoms with Gasteiger partial charge in [0.1, 0.15) is 24.8 Å². The summed E-state index contributed by atoms with van der Waals surface area (Å²) >= 11 is 0. The van der Waals surface area contributed by atoms with Crippen molar-refractivity contribution in [2.45, 2.75) is 222 Å². The molecule has 2 fully saturated rings. The second-order valence-electron chi connectivity index (χ2n) is 23.5. The highest BCUT2D eigenvalue weighted by Crippen LogP contribution is 2.47. The summed E-state index contributed by atoms with van der Waals surface area (Å²) in [5.74, 6) is -2.46. The summed E-state index contributed by atoms with van der Waals surface area (Å²) in [5.41, 5.74) is -4.53. The molecule has 20 nitrogen and oxygen atoms in total. The molecule has 0 saturated carbocycles. The van der Waals surface area contributed by atoms with Crippen molar-refractivity contribution in [2.75, 3.05) is 50.2 Å². The summed E-state index contributed by atoms with van der Waals surface area (Å²) in [7, 11) is 0. The van der Waals surface area contributed by atoms with Crippen LogP contribution in [-0.2, 0) is 57.4 Å². The zero-order chi connectivity index (χ0) is 58.9. The van der Waals surface area contributed by atoms with Crippen molar-refractivity contribution in [1.82, 2.24) is 20.8 Å². The number of benzene rings is 1. The lowest BCUT2D eigenvalue weighted by Gasteiger charge is -2.56. The normalized spacial score (nSPS) is 24.8. The fourth-order valence-corrected chi connectivity index (χ4v) is 10.0. The highest BCUT2D eigenvalue weighted by Gasteiger charge is 2.57. The lowest BCUT2D eigenvalue weighted by atomic mass is 9.70. The molecule has 2 aliphatic heterocycles. The highest BCUT2D eigenvalue weighted by atomic mass is 16.7. The lowest BCUT2D eigenvalue weighted by molar-refractivity contribution is -0.316. The van der Waals surface area contributed by atoms with E-state index in [2.05, 4.69) is 21.3 Å². The molecule has 78 heavy (non-hydrogen) atoms. The van der Waals surface area contributed by atoms with Gasteiger partial charge in [-0.1, -0.05) is 102 Å². The second kappa shape index (κ2) is 29.3. The number of rotatable bonds is 30. The Morgan fingerprint density at radius 3 is 1.26 bits per heavy atom. The predicted octanol–water partition coefficient (Wildman–Crippen LogP) is 9.63. The van der Waals surface area contributed by atoms with Crippen LogP contribution < -0.4 is 21.3 Å². The summed E-state index contributed by atoms with van der Waals surface area (Å²) in [5, 5.41) is 14.4. The van der Waals surface area contributed by atoms with Crippen molar-refractivity contribution in [3.05, 3.63) is 24.3 Å². The molecule has 0 radical (unpaired) electrons. The SMILES string of the molecule is CCCCOC(=O)C(CC(C)(C)C(=O)NCCOC(=O)Nc1cccc(NC(=O)OCCNC(=O)C(C)(C)CC(ON2C(C)(CC)CC(=O)C(C)C2(C)CC)C(=O)OCCCC)c1)ON1C(C)(CC)CC(=O)C(C)C1(C)CC. The van der Waals surface area contributed by atoms with Crippen LogP contribution >= 0.6 is 0 Å². The van der Waals surface area contributed by atoms with Gasteiger partial charge in [-0.25, -0.2) is 19.2 Å². The number of Topliss-reactive ketones (excluding diaryl/α,β-unsaturated/α-hetero) is 2. The molecular formula is C58H96N6O14. The van der Waals surface area contributed by atoms with E-state index in [0.717, 1.165) is 12.8 Å². The molecule has 2 aliphatic rings. The molecule has 8 unspecified atom stereocenters. The number of nitrogens with one attached hydrogen (secondary N) is 4. The average molecular weight is 1100 g/mol. The Bertz CT molecular complexity index is 2080. The lowest BCUT2D eigenvalue weighted by Crippen LogP contribution is -2.67. The van der Waals surface area contributed by atoms with E-state index in [1.807, 2.05) is 93.2 Å². The van der Waals surface area contributed by atoms with Gasteiger partial charge < -0.3 is 29.6 Å². The third-order valence-electron chi connectivity index (χ3n) is 16.5. The molecule has 2 saturated heterocycles. The van der Waals surface area contributed by atoms with Gasteiger partial charge in [0.2, 0.25) is 11.8 Å². The first-order valence-electron chi connectivity index (χ1n) is 28.3. The van der Waals surface area contributed by atoms with Crippen LogP contribution in [0.25, 0.3) is 0 Å². The van der Waals surface area contributed by atoms with Gasteiger partial charge in [-0.2, -0.15) is 10.1 Å². The third kappa shape index (κ3) is 17.4. The van der Waals surface area contributed by atoms with Gasteiger partial charge in [0, 0.05) is 59.7 Å². The van der Waals surface area contributed by atoms with Gasteiger partial charge in [0.15, 0.2) is 12.2 Å². The minimum absolute atomic E-state index is 0.0316. The van der Waals surface area contributed by atoms with Crippen LogP contribution in [-0.4, -0.2) is 132 Å². The Labute approximate surface area is 464 Å². The number of carbonyl (C=O) groups is 8. The van der Waals surface area contributed by atoms with E-state index in [4.69, 9.17) is 28.6 Å². The number of hydrogen-bond donors (Lipinski definition) is 4. The summed E-state index contributed by atoms with van der Waals surface area (Å²) in [6, 6.07) is 6.24. The Morgan fingerprint density at radius 2 is 0.936 bits per heavy atom. The molecule has 2 heterocycles. The fraction of sp³-hybridized carbons (Fsp3) is 0.759. The highest BCUT2D eigenvalue weighted by molar-refractivity contribution is 5.89. The molecule has 0 spiro atoms. The number of hydrogen-bond acceptors (Lipinski definition) is 16. The van der Waals surface area contributed by atoms with Crippen molar-refractivity contribution in [3.8, 4) is 0 Å². The van der Waals surface area contributed by atoms with Crippen LogP contribution in [0.1, 0.15) is 188 Å². The van der Waals surface area contributed by atoms with Gasteiger partial charge in [-0.15, -0.1) is 0 Å². The van der Waals surface area contributed by atoms with Gasteiger partial charge in [0.05, 0.1) is 48.5 Å². The molecule has 3 rings (SSSR count). The zero-order valence-electron chi connectivity index (χ0n) is 50.0. The summed E-state index contributed by atoms with van der Waals surface area (Å²) in [6.07, 6.45) is 1.80. The number of piperidine rings is 2. The number of amides is 4. The summed E-state index contributed by atoms with van der Waals surface area (Å²) in [4.78, 5) is 120. The van der Waals surface area contributed by atoms with Crippen LogP contribution in [0.4, 0.5) is 21.0 Å². The van der Waals surface area contributed by atoms with Gasteiger partial charge in [-0.05, 0) is 84.4 Å². The molecule has 4 amide bonds. The first kappa shape index (κ1) is 67.1. The van der Waals surface area contributed by atoms with Crippen molar-refractivity contribution in [3.63, 3.8) is 0 Å². The largest absolute Gasteiger partial charge is 0.464 e. The number of hydroxylamine groups is 4. The smallest absolute Gasteiger partial charge is 0.411 e. The molecule has 8 atom stereocenters. The van der Waals surface area contributed by atoms with Crippen molar-refractivity contribution in [1.29, 1.82) is 0 Å². The second-order valence-corrected chi connectivity index (χ2v) is 23.5. The first-order valence-corrected chi connectivity index (χ1v) is 28.3. The molecule has 0 bridgehead atoms. The summed E-state index contributed by atoms with van der Waals surface area (Å²) < 4.78 is 22.0. The molecule has 20 heteroatoms. The maximum Gasteiger partial charge on any atom is 0.411 e. The van der Waals surface area contributed by atoms with E-state index in [0.29, 0.717) is 49.9 Å². The standard InChI is InChI=1S/C58H96N6O14/c1-17-23-30-73-47(67)45(77-63-55(13,19-3)35-43(65)39(7)57(63,15)21-5)37-53(9,10)49(69)59-28-32-75-51(71)61-41-26-25-27-42(34-41)62-52(72)76-33-29-60-50(70)54(11,12)38-46(48(68)74-31-24-18-2)78-64-56(14,20-4)36-44(66)40(8)58(64,16)22-6/h25-27,34,39-40,45-46H,17-24,28-33,35-38H2,1-16H3,(H,59,69)(H,60,70)(H,61,71)(H,62,72). The van der Waals surface area contributed by atoms with E-state index >= 15 is 0 Å². The van der Waals surface area contributed by atoms with Gasteiger partial charge in [0.25, 0.3) is 0 Å². The Morgan fingerprint density at radius 1 is 0.577 bits per heavy atom. The van der Waals surface area contributed by atoms with E-state index in [1.165, 1.54) is 6.07 Å². The van der Waals surface area contributed by atoms with Crippen molar-refractivity contribution < 1.29 is 67.0 Å². The minimum Gasteiger partial charge on any atom is -0.464 e. The maximum absolute atomic E-state index is 13.7. The maximum atomic E-state index is 13.7. The Balaban J connectivity index is 1.54. The zero-order valence-corrected chi connectivity index (χ0v) is 50.0. The monoisotopic (exact) mass is 1100 g/mol. The van der Waals surface area contributed by atoms with E-state index in [9.17, 15) is 38.4 Å². The Hall–Kier alpha value is -5.18. The number of ketones is 2. The number of nitrogens with zero attached hydrogens (tertiary/aromatic N) is 2. The van der Waals surface area contributed by atoms with Crippen molar-refractivity contribution in [2.24, 2.45) is 22.7 Å². The number of anilines is 2. The van der Waals surface area contributed by atoms with Crippen molar-refractivity contribution >= 4 is 58.9 Å². The number of ether oxygens (including phenoxy) is 4. The molecule has 1 aromatic carbocycles. The first-order chi connectivity index (χ1) is 36.5. The van der Waals surface area contributed by atoms with Crippen LogP contribution in [0.3, 0.4) is 0 Å². The molecule has 0 aromatic heterocycles. The predicted molar refractivity (Wildman–Crippen MR) is 297 cm³/mol. The van der Waals surface area contributed by atoms with E-state index in [1.54, 1.807) is 45.9 Å². The van der Waals surface area contributed by atoms with E-state index < -0.39 is 81.1 Å². The minimum atomic E-state index is -1.15. The van der Waals surface area contributed by atoms with Gasteiger partial charge in [-0.3, -0.25) is 39.5 Å². The van der Waals surface area contributed by atoms with Crippen LogP contribution in [0.2, 0.25) is 0 Å². The van der Waals surface area contributed by atoms with Crippen LogP contribution in [0.5, 0.6) is 0 Å². The average Bonchev–Trinajstić information content (AvgIpc) is 3.51. The van der Waals surface area contributed by atoms with Crippen LogP contribution in [0.15, 0.2) is 24.3 Å². The molecule has 442 valence electrons. The summed E-state index contributed by atoms with van der Waals surface area (Å²) in [6.45, 7) is 30.2. The third-order valence-corrected chi connectivity index (χ3v) is 16.5. The molecule has 1 aromatic rings. The fourth-order valence-electron chi connectivity index (χ4n) is 10.0. The molecule has 0 aliphatic carbocycles. The molecule has 4 N–H and O–H groups in total. The quantitative estimate of drug-likeness (QED) is 0.0318. The van der Waals surface area contributed by atoms with Crippen LogP contribution in [0, 0.1) is 22.7 Å².